The van der Waals surface area contributed by atoms with Gasteiger partial charge in [0.25, 0.3) is 5.69 Å². The van der Waals surface area contributed by atoms with Crippen molar-refractivity contribution in [3.8, 4) is 0 Å². The standard InChI is InChI=1S/C21H25FN4O5S/c1-24(32(30,31)20-5-3-2-4-19(20)26(28)29)17-10-12-25(13-11-17)21(27)18(23)14-15-6-8-16(22)9-7-15/h2-9,17-18H,10-14,23H2,1H3/t18-/m0/s1. The third-order valence-corrected chi connectivity index (χ3v) is 7.65. The average molecular weight is 465 g/mol. The molecule has 2 aromatic carbocycles. The third-order valence-electron chi connectivity index (χ3n) is 5.70. The minimum Gasteiger partial charge on any atom is -0.341 e. The summed E-state index contributed by atoms with van der Waals surface area (Å²) in [5.41, 5.74) is 6.32. The number of amides is 1. The van der Waals surface area contributed by atoms with Crippen LogP contribution in [0.2, 0.25) is 0 Å². The van der Waals surface area contributed by atoms with Crippen LogP contribution >= 0.6 is 0 Å². The molecule has 0 bridgehead atoms. The molecule has 0 unspecified atom stereocenters. The molecule has 9 nitrogen and oxygen atoms in total. The van der Waals surface area contributed by atoms with E-state index < -0.39 is 32.7 Å². The van der Waals surface area contributed by atoms with E-state index in [2.05, 4.69) is 0 Å². The van der Waals surface area contributed by atoms with Gasteiger partial charge in [0.2, 0.25) is 15.9 Å². The van der Waals surface area contributed by atoms with Crippen molar-refractivity contribution in [2.45, 2.75) is 36.2 Å². The van der Waals surface area contributed by atoms with E-state index in [-0.39, 0.29) is 23.0 Å². The first-order chi connectivity index (χ1) is 15.1. The van der Waals surface area contributed by atoms with Gasteiger partial charge in [0.15, 0.2) is 4.90 Å². The van der Waals surface area contributed by atoms with Crippen molar-refractivity contribution in [2.24, 2.45) is 5.73 Å². The molecule has 1 fully saturated rings. The van der Waals surface area contributed by atoms with Gasteiger partial charge in [-0.3, -0.25) is 14.9 Å². The first-order valence-electron chi connectivity index (χ1n) is 10.1. The Kier molecular flexibility index (Phi) is 7.22. The predicted molar refractivity (Wildman–Crippen MR) is 116 cm³/mol. The van der Waals surface area contributed by atoms with Crippen LogP contribution in [-0.2, 0) is 21.2 Å². The van der Waals surface area contributed by atoms with Gasteiger partial charge in [-0.2, -0.15) is 4.31 Å². The molecule has 1 amide bonds. The largest absolute Gasteiger partial charge is 0.341 e. The fourth-order valence-corrected chi connectivity index (χ4v) is 5.39. The maximum absolute atomic E-state index is 13.0. The molecule has 0 saturated carbocycles. The van der Waals surface area contributed by atoms with Crippen LogP contribution in [0.3, 0.4) is 0 Å². The molecule has 1 saturated heterocycles. The monoisotopic (exact) mass is 464 g/mol. The Balaban J connectivity index is 1.63. The Bertz CT molecular complexity index is 1090. The molecule has 0 radical (unpaired) electrons. The van der Waals surface area contributed by atoms with Crippen LogP contribution in [0.15, 0.2) is 53.4 Å². The number of hydrogen-bond donors (Lipinski definition) is 1. The Morgan fingerprint density at radius 1 is 1.22 bits per heavy atom. The molecule has 32 heavy (non-hydrogen) atoms. The van der Waals surface area contributed by atoms with Gasteiger partial charge in [-0.1, -0.05) is 24.3 Å². The number of nitrogens with zero attached hydrogens (tertiary/aromatic N) is 3. The van der Waals surface area contributed by atoms with Crippen molar-refractivity contribution in [3.05, 3.63) is 70.0 Å². The maximum Gasteiger partial charge on any atom is 0.289 e. The van der Waals surface area contributed by atoms with Crippen molar-refractivity contribution in [2.75, 3.05) is 20.1 Å². The van der Waals surface area contributed by atoms with E-state index in [0.29, 0.717) is 25.9 Å². The smallest absolute Gasteiger partial charge is 0.289 e. The van der Waals surface area contributed by atoms with E-state index >= 15 is 0 Å². The van der Waals surface area contributed by atoms with Gasteiger partial charge in [-0.25, -0.2) is 12.8 Å². The minimum absolute atomic E-state index is 0.253. The summed E-state index contributed by atoms with van der Waals surface area (Å²) in [7, 11) is -2.68. The van der Waals surface area contributed by atoms with Crippen molar-refractivity contribution in [1.82, 2.24) is 9.21 Å². The number of carbonyl (C=O) groups excluding carboxylic acids is 1. The van der Waals surface area contributed by atoms with Crippen molar-refractivity contribution < 1.29 is 22.5 Å². The molecule has 2 N–H and O–H groups in total. The first-order valence-corrected chi connectivity index (χ1v) is 11.6. The van der Waals surface area contributed by atoms with E-state index in [1.54, 1.807) is 17.0 Å². The highest BCUT2D eigenvalue weighted by Crippen LogP contribution is 2.29. The van der Waals surface area contributed by atoms with Crippen LogP contribution in [0, 0.1) is 15.9 Å². The lowest BCUT2D eigenvalue weighted by molar-refractivity contribution is -0.387. The average Bonchev–Trinajstić information content (AvgIpc) is 2.79. The highest BCUT2D eigenvalue weighted by atomic mass is 32.2. The Morgan fingerprint density at radius 2 is 1.81 bits per heavy atom. The molecule has 2 aromatic rings. The van der Waals surface area contributed by atoms with Crippen LogP contribution < -0.4 is 5.73 Å². The fraction of sp³-hybridized carbons (Fsp3) is 0.381. The van der Waals surface area contributed by atoms with E-state index in [1.807, 2.05) is 0 Å². The lowest BCUT2D eigenvalue weighted by atomic mass is 10.0. The van der Waals surface area contributed by atoms with Gasteiger partial charge in [-0.15, -0.1) is 0 Å². The lowest BCUT2D eigenvalue weighted by Crippen LogP contribution is -2.51. The van der Waals surface area contributed by atoms with E-state index in [1.165, 1.54) is 37.4 Å². The van der Waals surface area contributed by atoms with Crippen LogP contribution in [0.5, 0.6) is 0 Å². The number of nitrogens with two attached hydrogens (primary N) is 1. The summed E-state index contributed by atoms with van der Waals surface area (Å²) in [5, 5.41) is 11.2. The molecule has 3 rings (SSSR count). The topological polar surface area (TPSA) is 127 Å². The van der Waals surface area contributed by atoms with Crippen molar-refractivity contribution in [1.29, 1.82) is 0 Å². The molecule has 11 heteroatoms. The first kappa shape index (κ1) is 23.8. The summed E-state index contributed by atoms with van der Waals surface area (Å²) < 4.78 is 40.2. The molecule has 1 aliphatic heterocycles. The Labute approximate surface area is 185 Å². The Morgan fingerprint density at radius 3 is 2.41 bits per heavy atom. The van der Waals surface area contributed by atoms with Gasteiger partial charge >= 0.3 is 0 Å². The van der Waals surface area contributed by atoms with Gasteiger partial charge in [-0.05, 0) is 43.0 Å². The zero-order chi connectivity index (χ0) is 23.5. The second-order valence-electron chi connectivity index (χ2n) is 7.74. The maximum atomic E-state index is 13.0. The number of sulfonamides is 1. The number of carbonyl (C=O) groups is 1. The predicted octanol–water partition coefficient (Wildman–Crippen LogP) is 1.92. The van der Waals surface area contributed by atoms with Crippen LogP contribution in [0.25, 0.3) is 0 Å². The minimum atomic E-state index is -4.08. The van der Waals surface area contributed by atoms with Gasteiger partial charge in [0.05, 0.1) is 11.0 Å². The third kappa shape index (κ3) is 5.12. The van der Waals surface area contributed by atoms with Gasteiger partial charge in [0, 0.05) is 32.2 Å². The van der Waals surface area contributed by atoms with Crippen molar-refractivity contribution >= 4 is 21.6 Å². The Hall–Kier alpha value is -2.89. The molecule has 0 aliphatic carbocycles. The van der Waals surface area contributed by atoms with Gasteiger partial charge in [0.1, 0.15) is 5.82 Å². The SMILES string of the molecule is CN(C1CCN(C(=O)[C@@H](N)Cc2ccc(F)cc2)CC1)S(=O)(=O)c1ccccc1[N+](=O)[O-]. The number of nitro benzene ring substituents is 1. The second kappa shape index (κ2) is 9.72. The molecule has 1 atom stereocenters. The van der Waals surface area contributed by atoms with Crippen LogP contribution in [-0.4, -0.2) is 60.7 Å². The molecular formula is C21H25FN4O5S. The number of halogens is 1. The summed E-state index contributed by atoms with van der Waals surface area (Å²) in [6, 6.07) is 9.82. The molecule has 0 spiro atoms. The normalized spacial score (nSPS) is 16.2. The number of benzene rings is 2. The van der Waals surface area contributed by atoms with Gasteiger partial charge < -0.3 is 10.6 Å². The summed E-state index contributed by atoms with van der Waals surface area (Å²) in [6.45, 7) is 0.634. The molecular weight excluding hydrogens is 439 g/mol. The summed E-state index contributed by atoms with van der Waals surface area (Å²) in [4.78, 5) is 24.5. The van der Waals surface area contributed by atoms with E-state index in [0.717, 1.165) is 15.9 Å². The summed E-state index contributed by atoms with van der Waals surface area (Å²) in [6.07, 6.45) is 1.03. The van der Waals surface area contributed by atoms with E-state index in [4.69, 9.17) is 5.73 Å². The number of rotatable bonds is 7. The second-order valence-corrected chi connectivity index (χ2v) is 9.71. The lowest BCUT2D eigenvalue weighted by Gasteiger charge is -2.37. The number of piperidine rings is 1. The molecule has 1 aliphatic rings. The molecule has 172 valence electrons. The number of likely N-dealkylation sites (tertiary alicyclic amines) is 1. The van der Waals surface area contributed by atoms with Crippen LogP contribution in [0.1, 0.15) is 18.4 Å². The molecule has 1 heterocycles. The van der Waals surface area contributed by atoms with Crippen LogP contribution in [0.4, 0.5) is 10.1 Å². The number of para-hydroxylation sites is 1. The summed E-state index contributed by atoms with van der Waals surface area (Å²) >= 11 is 0. The molecule has 0 aromatic heterocycles. The highest BCUT2D eigenvalue weighted by Gasteiger charge is 2.36. The number of nitro groups is 1. The zero-order valence-electron chi connectivity index (χ0n) is 17.6. The number of hydrogen-bond acceptors (Lipinski definition) is 6. The fourth-order valence-electron chi connectivity index (χ4n) is 3.82. The zero-order valence-corrected chi connectivity index (χ0v) is 18.4. The highest BCUT2D eigenvalue weighted by molar-refractivity contribution is 7.89. The van der Waals surface area contributed by atoms with Crippen molar-refractivity contribution in [3.63, 3.8) is 0 Å². The van der Waals surface area contributed by atoms with E-state index in [9.17, 15) is 27.7 Å². The summed E-state index contributed by atoms with van der Waals surface area (Å²) in [5.74, 6) is -0.618. The quantitative estimate of drug-likeness (QED) is 0.493.